The zero-order valence-electron chi connectivity index (χ0n) is 12.8. The van der Waals surface area contributed by atoms with Crippen molar-refractivity contribution in [1.29, 1.82) is 0 Å². The van der Waals surface area contributed by atoms with Crippen molar-refractivity contribution >= 4 is 11.9 Å². The lowest BCUT2D eigenvalue weighted by Crippen LogP contribution is -2.50. The second-order valence-electron chi connectivity index (χ2n) is 5.15. The Labute approximate surface area is 138 Å². The number of benzene rings is 2. The van der Waals surface area contributed by atoms with Gasteiger partial charge < -0.3 is 14.8 Å². The van der Waals surface area contributed by atoms with Crippen LogP contribution in [0.1, 0.15) is 10.4 Å². The van der Waals surface area contributed by atoms with Gasteiger partial charge in [0.25, 0.3) is 5.91 Å². The highest BCUT2D eigenvalue weighted by Gasteiger charge is 2.21. The maximum atomic E-state index is 11.8. The molecule has 0 aliphatic carbocycles. The first-order valence-corrected chi connectivity index (χ1v) is 7.50. The maximum Gasteiger partial charge on any atom is 0.333 e. The molecule has 1 atom stereocenters. The average Bonchev–Trinajstić information content (AvgIpc) is 2.65. The van der Waals surface area contributed by atoms with Gasteiger partial charge in [-0.25, -0.2) is 10.2 Å². The minimum absolute atomic E-state index is 0.251. The minimum atomic E-state index is -0.526. The van der Waals surface area contributed by atoms with E-state index in [9.17, 15) is 9.59 Å². The van der Waals surface area contributed by atoms with Gasteiger partial charge in [0.05, 0.1) is 6.54 Å². The quantitative estimate of drug-likeness (QED) is 0.745. The molecule has 0 fully saturated rings. The van der Waals surface area contributed by atoms with Crippen LogP contribution in [0.4, 0.5) is 4.79 Å². The van der Waals surface area contributed by atoms with Gasteiger partial charge in [-0.3, -0.25) is 10.2 Å². The summed E-state index contributed by atoms with van der Waals surface area (Å²) in [4.78, 5) is 23.5. The van der Waals surface area contributed by atoms with Crippen LogP contribution in [0.25, 0.3) is 0 Å². The molecule has 1 aliphatic heterocycles. The Morgan fingerprint density at radius 3 is 2.46 bits per heavy atom. The van der Waals surface area contributed by atoms with Crippen molar-refractivity contribution in [2.75, 3.05) is 13.2 Å². The molecule has 2 aromatic carbocycles. The number of para-hydroxylation sites is 2. The molecule has 0 bridgehead atoms. The van der Waals surface area contributed by atoms with Gasteiger partial charge >= 0.3 is 6.03 Å². The smallest absolute Gasteiger partial charge is 0.333 e. The first-order chi connectivity index (χ1) is 11.7. The number of carbonyl (C=O) groups excluding carboxylic acids is 2. The third-order valence-corrected chi connectivity index (χ3v) is 3.38. The average molecular weight is 327 g/mol. The molecular weight excluding hydrogens is 310 g/mol. The molecule has 3 amide bonds. The number of hydrazine groups is 1. The molecule has 7 heteroatoms. The standard InChI is InChI=1S/C17H17N3O4/c21-16(12-6-2-1-3-7-12)19-20-17(22)18-10-13-11-23-14-8-4-5-9-15(14)24-13/h1-9,13H,10-11H2,(H,19,21)(H2,18,20,22)/t13-/m0/s1. The SMILES string of the molecule is O=C(NC[C@H]1COc2ccccc2O1)NNC(=O)c1ccccc1. The van der Waals surface area contributed by atoms with Gasteiger partial charge in [-0.15, -0.1) is 0 Å². The Morgan fingerprint density at radius 1 is 0.958 bits per heavy atom. The molecule has 0 aromatic heterocycles. The Bertz CT molecular complexity index is 721. The largest absolute Gasteiger partial charge is 0.486 e. The highest BCUT2D eigenvalue weighted by atomic mass is 16.6. The van der Waals surface area contributed by atoms with E-state index in [1.165, 1.54) is 0 Å². The summed E-state index contributed by atoms with van der Waals surface area (Å²) >= 11 is 0. The fourth-order valence-corrected chi connectivity index (χ4v) is 2.19. The molecule has 0 saturated carbocycles. The maximum absolute atomic E-state index is 11.8. The van der Waals surface area contributed by atoms with Crippen LogP contribution >= 0.6 is 0 Å². The molecule has 1 aliphatic rings. The fraction of sp³-hybridized carbons (Fsp3) is 0.176. The lowest BCUT2D eigenvalue weighted by molar-refractivity contribution is 0.0901. The third-order valence-electron chi connectivity index (χ3n) is 3.38. The molecule has 7 nitrogen and oxygen atoms in total. The fourth-order valence-electron chi connectivity index (χ4n) is 2.19. The molecule has 0 unspecified atom stereocenters. The zero-order chi connectivity index (χ0) is 16.8. The summed E-state index contributed by atoms with van der Waals surface area (Å²) in [6.45, 7) is 0.592. The van der Waals surface area contributed by atoms with Crippen LogP contribution in [0.2, 0.25) is 0 Å². The van der Waals surface area contributed by atoms with E-state index in [1.54, 1.807) is 30.3 Å². The molecule has 1 heterocycles. The number of urea groups is 1. The summed E-state index contributed by atoms with van der Waals surface area (Å²) in [6.07, 6.45) is -0.296. The van der Waals surface area contributed by atoms with E-state index in [-0.39, 0.29) is 12.6 Å². The molecule has 0 radical (unpaired) electrons. The van der Waals surface area contributed by atoms with Gasteiger partial charge in [0.1, 0.15) is 6.61 Å². The number of ether oxygens (including phenoxy) is 2. The Balaban J connectivity index is 1.41. The number of nitrogens with one attached hydrogen (secondary N) is 3. The van der Waals surface area contributed by atoms with Crippen LogP contribution in [-0.2, 0) is 0 Å². The minimum Gasteiger partial charge on any atom is -0.486 e. The molecule has 0 spiro atoms. The van der Waals surface area contributed by atoms with E-state index in [0.717, 1.165) is 0 Å². The van der Waals surface area contributed by atoms with Crippen molar-refractivity contribution < 1.29 is 19.1 Å². The summed E-state index contributed by atoms with van der Waals surface area (Å²) in [6, 6.07) is 15.4. The number of hydrogen-bond donors (Lipinski definition) is 3. The molecule has 3 rings (SSSR count). The Morgan fingerprint density at radius 2 is 1.67 bits per heavy atom. The van der Waals surface area contributed by atoms with Crippen LogP contribution in [-0.4, -0.2) is 31.2 Å². The van der Waals surface area contributed by atoms with E-state index in [1.807, 2.05) is 24.3 Å². The number of hydrogen-bond acceptors (Lipinski definition) is 4. The monoisotopic (exact) mass is 327 g/mol. The van der Waals surface area contributed by atoms with Crippen molar-refractivity contribution in [3.8, 4) is 11.5 Å². The number of rotatable bonds is 3. The summed E-state index contributed by atoms with van der Waals surface area (Å²) in [5.41, 5.74) is 5.08. The summed E-state index contributed by atoms with van der Waals surface area (Å²) in [5.74, 6) is 0.943. The van der Waals surface area contributed by atoms with E-state index >= 15 is 0 Å². The van der Waals surface area contributed by atoms with Crippen molar-refractivity contribution in [3.63, 3.8) is 0 Å². The summed E-state index contributed by atoms with van der Waals surface area (Å²) in [7, 11) is 0. The topological polar surface area (TPSA) is 88.7 Å². The lowest BCUT2D eigenvalue weighted by Gasteiger charge is -2.26. The molecule has 2 aromatic rings. The van der Waals surface area contributed by atoms with Crippen LogP contribution in [0, 0.1) is 0 Å². The normalized spacial score (nSPS) is 15.2. The number of fused-ring (bicyclic) bond motifs is 1. The van der Waals surface area contributed by atoms with E-state index < -0.39 is 11.9 Å². The van der Waals surface area contributed by atoms with Crippen LogP contribution in [0.3, 0.4) is 0 Å². The van der Waals surface area contributed by atoms with Crippen LogP contribution in [0.15, 0.2) is 54.6 Å². The van der Waals surface area contributed by atoms with Crippen molar-refractivity contribution in [2.45, 2.75) is 6.10 Å². The van der Waals surface area contributed by atoms with Gasteiger partial charge in [-0.05, 0) is 24.3 Å². The van der Waals surface area contributed by atoms with E-state index in [2.05, 4.69) is 16.2 Å². The Kier molecular flexibility index (Phi) is 4.81. The second kappa shape index (κ2) is 7.36. The van der Waals surface area contributed by atoms with E-state index in [4.69, 9.17) is 9.47 Å². The predicted molar refractivity (Wildman–Crippen MR) is 86.8 cm³/mol. The number of amides is 3. The number of carbonyl (C=O) groups is 2. The molecule has 124 valence electrons. The third kappa shape index (κ3) is 3.95. The predicted octanol–water partition coefficient (Wildman–Crippen LogP) is 1.47. The summed E-state index contributed by atoms with van der Waals surface area (Å²) < 4.78 is 11.3. The van der Waals surface area contributed by atoms with E-state index in [0.29, 0.717) is 23.7 Å². The van der Waals surface area contributed by atoms with Gasteiger partial charge in [0.2, 0.25) is 0 Å². The molecular formula is C17H17N3O4. The summed E-state index contributed by atoms with van der Waals surface area (Å²) in [5, 5.41) is 2.62. The highest BCUT2D eigenvalue weighted by Crippen LogP contribution is 2.30. The highest BCUT2D eigenvalue weighted by molar-refractivity contribution is 5.95. The van der Waals surface area contributed by atoms with Crippen molar-refractivity contribution in [1.82, 2.24) is 16.2 Å². The van der Waals surface area contributed by atoms with Gasteiger partial charge in [0, 0.05) is 5.56 Å². The molecule has 24 heavy (non-hydrogen) atoms. The molecule has 3 N–H and O–H groups in total. The van der Waals surface area contributed by atoms with Gasteiger partial charge in [-0.1, -0.05) is 30.3 Å². The Hall–Kier alpha value is -3.22. The second-order valence-corrected chi connectivity index (χ2v) is 5.15. The van der Waals surface area contributed by atoms with Crippen molar-refractivity contribution in [2.24, 2.45) is 0 Å². The van der Waals surface area contributed by atoms with Gasteiger partial charge in [-0.2, -0.15) is 0 Å². The lowest BCUT2D eigenvalue weighted by atomic mass is 10.2. The van der Waals surface area contributed by atoms with Crippen LogP contribution in [0.5, 0.6) is 11.5 Å². The van der Waals surface area contributed by atoms with Crippen LogP contribution < -0.4 is 25.6 Å². The first kappa shape index (κ1) is 15.7. The first-order valence-electron chi connectivity index (χ1n) is 7.50. The van der Waals surface area contributed by atoms with Gasteiger partial charge in [0.15, 0.2) is 17.6 Å². The zero-order valence-corrected chi connectivity index (χ0v) is 12.8. The van der Waals surface area contributed by atoms with Crippen molar-refractivity contribution in [3.05, 3.63) is 60.2 Å². The molecule has 0 saturated heterocycles.